The van der Waals surface area contributed by atoms with E-state index in [4.69, 9.17) is 16.3 Å². The molecule has 4 nitrogen and oxygen atoms in total. The van der Waals surface area contributed by atoms with Crippen molar-refractivity contribution in [1.82, 2.24) is 4.57 Å². The van der Waals surface area contributed by atoms with E-state index in [1.54, 1.807) is 43.5 Å². The van der Waals surface area contributed by atoms with Crippen molar-refractivity contribution in [2.75, 3.05) is 7.11 Å². The molecule has 0 fully saturated rings. The first kappa shape index (κ1) is 17.2. The molecule has 0 aliphatic carbocycles. The van der Waals surface area contributed by atoms with Gasteiger partial charge < -0.3 is 9.84 Å². The van der Waals surface area contributed by atoms with Gasteiger partial charge >= 0.3 is 0 Å². The van der Waals surface area contributed by atoms with Crippen LogP contribution in [0.15, 0.2) is 59.4 Å². The predicted octanol–water partition coefficient (Wildman–Crippen LogP) is 3.93. The van der Waals surface area contributed by atoms with Crippen molar-refractivity contribution in [3.63, 3.8) is 0 Å². The van der Waals surface area contributed by atoms with Crippen molar-refractivity contribution in [3.8, 4) is 28.1 Å². The van der Waals surface area contributed by atoms with E-state index >= 15 is 0 Å². The molecule has 1 N–H and O–H groups in total. The molecule has 0 saturated heterocycles. The minimum absolute atomic E-state index is 0.371. The average Bonchev–Trinajstić information content (AvgIpc) is 2.63. The fourth-order valence-corrected chi connectivity index (χ4v) is 2.91. The van der Waals surface area contributed by atoms with Crippen LogP contribution in [0.5, 0.6) is 5.75 Å². The normalized spacial score (nSPS) is 10.7. The highest BCUT2D eigenvalue weighted by molar-refractivity contribution is 6.33. The average molecular weight is 360 g/mol. The molecule has 0 unspecified atom stereocenters. The molecular weight excluding hydrogens is 345 g/mol. The molecule has 128 valence electrons. The van der Waals surface area contributed by atoms with E-state index in [0.717, 1.165) is 0 Å². The van der Waals surface area contributed by atoms with Crippen LogP contribution >= 0.6 is 11.6 Å². The molecule has 1 heterocycles. The third-order valence-corrected chi connectivity index (χ3v) is 4.24. The summed E-state index contributed by atoms with van der Waals surface area (Å²) in [6.45, 7) is -0.513. The second kappa shape index (κ2) is 7.09. The van der Waals surface area contributed by atoms with Gasteiger partial charge in [-0.25, -0.2) is 4.39 Å². The molecule has 0 atom stereocenters. The fourth-order valence-electron chi connectivity index (χ4n) is 2.69. The number of aliphatic hydroxyl groups excluding tert-OH is 1. The maximum absolute atomic E-state index is 13.3. The Kier molecular flexibility index (Phi) is 4.88. The Bertz CT molecular complexity index is 967. The third-order valence-electron chi connectivity index (χ3n) is 3.91. The van der Waals surface area contributed by atoms with Crippen LogP contribution in [0.3, 0.4) is 0 Å². The van der Waals surface area contributed by atoms with Gasteiger partial charge in [0, 0.05) is 22.2 Å². The Morgan fingerprint density at radius 3 is 2.44 bits per heavy atom. The second-order valence-corrected chi connectivity index (χ2v) is 5.76. The SMILES string of the molecule is COc1ccc(Cl)c(-c2ccc(=O)n(CO)c2-c2ccc(F)cc2)c1. The molecular formula is C19H15ClFNO3. The number of halogens is 2. The molecule has 1 aromatic heterocycles. The van der Waals surface area contributed by atoms with Gasteiger partial charge in [-0.05, 0) is 54.1 Å². The number of pyridine rings is 1. The Hall–Kier alpha value is -2.63. The maximum atomic E-state index is 13.3. The van der Waals surface area contributed by atoms with Crippen molar-refractivity contribution in [1.29, 1.82) is 0 Å². The Morgan fingerprint density at radius 2 is 1.80 bits per heavy atom. The number of methoxy groups -OCH3 is 1. The monoisotopic (exact) mass is 359 g/mol. The summed E-state index contributed by atoms with van der Waals surface area (Å²) < 4.78 is 19.7. The minimum Gasteiger partial charge on any atom is -0.497 e. The van der Waals surface area contributed by atoms with Crippen LogP contribution in [-0.2, 0) is 6.73 Å². The molecule has 3 rings (SSSR count). The number of nitrogens with zero attached hydrogens (tertiary/aromatic N) is 1. The highest BCUT2D eigenvalue weighted by Crippen LogP contribution is 2.37. The maximum Gasteiger partial charge on any atom is 0.252 e. The van der Waals surface area contributed by atoms with E-state index in [0.29, 0.717) is 33.2 Å². The van der Waals surface area contributed by atoms with E-state index < -0.39 is 12.5 Å². The number of benzene rings is 2. The highest BCUT2D eigenvalue weighted by atomic mass is 35.5. The van der Waals surface area contributed by atoms with Gasteiger partial charge in [0.2, 0.25) is 0 Å². The van der Waals surface area contributed by atoms with Crippen LogP contribution in [0, 0.1) is 5.82 Å². The molecule has 0 radical (unpaired) electrons. The van der Waals surface area contributed by atoms with Crippen LogP contribution in [0.1, 0.15) is 0 Å². The lowest BCUT2D eigenvalue weighted by atomic mass is 9.98. The van der Waals surface area contributed by atoms with E-state index in [2.05, 4.69) is 0 Å². The van der Waals surface area contributed by atoms with Crippen LogP contribution < -0.4 is 10.3 Å². The summed E-state index contributed by atoms with van der Waals surface area (Å²) in [5.41, 5.74) is 1.93. The van der Waals surface area contributed by atoms with E-state index in [-0.39, 0.29) is 5.56 Å². The van der Waals surface area contributed by atoms with Crippen LogP contribution in [0.4, 0.5) is 4.39 Å². The number of hydrogen-bond donors (Lipinski definition) is 1. The minimum atomic E-state index is -0.513. The standard InChI is InChI=1S/C19H15ClFNO3/c1-25-14-6-8-17(20)16(10-14)15-7-9-18(24)22(11-23)19(15)12-2-4-13(21)5-3-12/h2-10,23H,11H2,1H3. The van der Waals surface area contributed by atoms with E-state index in [9.17, 15) is 14.3 Å². The third kappa shape index (κ3) is 3.29. The lowest BCUT2D eigenvalue weighted by Gasteiger charge is -2.17. The summed E-state index contributed by atoms with van der Waals surface area (Å²) in [6.07, 6.45) is 0. The largest absolute Gasteiger partial charge is 0.497 e. The molecule has 0 amide bonds. The molecule has 6 heteroatoms. The number of ether oxygens (including phenoxy) is 1. The van der Waals surface area contributed by atoms with Gasteiger partial charge in [0.1, 0.15) is 18.3 Å². The lowest BCUT2D eigenvalue weighted by Crippen LogP contribution is -2.21. The smallest absolute Gasteiger partial charge is 0.252 e. The zero-order valence-corrected chi connectivity index (χ0v) is 14.1. The summed E-state index contributed by atoms with van der Waals surface area (Å²) in [5.74, 6) is 0.213. The lowest BCUT2D eigenvalue weighted by molar-refractivity contribution is 0.208. The van der Waals surface area contributed by atoms with Crippen molar-refractivity contribution < 1.29 is 14.2 Å². The number of rotatable bonds is 4. The van der Waals surface area contributed by atoms with E-state index in [1.807, 2.05) is 0 Å². The van der Waals surface area contributed by atoms with Gasteiger partial charge in [-0.2, -0.15) is 0 Å². The van der Waals surface area contributed by atoms with Crippen LogP contribution in [-0.4, -0.2) is 16.8 Å². The molecule has 0 saturated carbocycles. The van der Waals surface area contributed by atoms with Crippen LogP contribution in [0.25, 0.3) is 22.4 Å². The van der Waals surface area contributed by atoms with Gasteiger partial charge in [0.05, 0.1) is 12.8 Å². The van der Waals surface area contributed by atoms with Crippen LogP contribution in [0.2, 0.25) is 5.02 Å². The van der Waals surface area contributed by atoms with Gasteiger partial charge in [0.25, 0.3) is 5.56 Å². The molecule has 3 aromatic rings. The quantitative estimate of drug-likeness (QED) is 0.767. The second-order valence-electron chi connectivity index (χ2n) is 5.36. The zero-order chi connectivity index (χ0) is 18.0. The topological polar surface area (TPSA) is 51.5 Å². The molecule has 0 spiro atoms. The fraction of sp³-hybridized carbons (Fsp3) is 0.105. The molecule has 0 aliphatic heterocycles. The molecule has 25 heavy (non-hydrogen) atoms. The molecule has 0 aliphatic rings. The van der Waals surface area contributed by atoms with Crippen molar-refractivity contribution in [2.45, 2.75) is 6.73 Å². The predicted molar refractivity (Wildman–Crippen MR) is 95.3 cm³/mol. The first-order chi connectivity index (χ1) is 12.0. The summed E-state index contributed by atoms with van der Waals surface area (Å²) >= 11 is 6.34. The van der Waals surface area contributed by atoms with Crippen molar-refractivity contribution >= 4 is 11.6 Å². The first-order valence-corrected chi connectivity index (χ1v) is 7.87. The Morgan fingerprint density at radius 1 is 1.08 bits per heavy atom. The Labute approximate surface area is 148 Å². The summed E-state index contributed by atoms with van der Waals surface area (Å²) in [7, 11) is 1.54. The van der Waals surface area contributed by atoms with E-state index in [1.165, 1.54) is 22.8 Å². The zero-order valence-electron chi connectivity index (χ0n) is 13.4. The highest BCUT2D eigenvalue weighted by Gasteiger charge is 2.16. The van der Waals surface area contributed by atoms with Gasteiger partial charge in [-0.3, -0.25) is 9.36 Å². The number of aliphatic hydroxyl groups is 1. The summed E-state index contributed by atoms with van der Waals surface area (Å²) in [4.78, 5) is 12.2. The van der Waals surface area contributed by atoms with Crippen molar-refractivity contribution in [2.24, 2.45) is 0 Å². The first-order valence-electron chi connectivity index (χ1n) is 7.49. The molecule has 2 aromatic carbocycles. The van der Waals surface area contributed by atoms with Gasteiger partial charge in [-0.15, -0.1) is 0 Å². The number of aromatic nitrogens is 1. The van der Waals surface area contributed by atoms with Crippen molar-refractivity contribution in [3.05, 3.63) is 75.8 Å². The number of hydrogen-bond acceptors (Lipinski definition) is 3. The van der Waals surface area contributed by atoms with Gasteiger partial charge in [0.15, 0.2) is 0 Å². The van der Waals surface area contributed by atoms with Gasteiger partial charge in [-0.1, -0.05) is 11.6 Å². The molecule has 0 bridgehead atoms. The summed E-state index contributed by atoms with van der Waals surface area (Å²) in [5, 5.41) is 10.2. The summed E-state index contributed by atoms with van der Waals surface area (Å²) in [6, 6.07) is 13.8. The Balaban J connectivity index is 2.35.